The number of nitrogens with zero attached hydrogens (tertiary/aromatic N) is 2. The molecule has 1 aromatic heterocycles. The third kappa shape index (κ3) is 5.53. The first-order chi connectivity index (χ1) is 14.1. The summed E-state index contributed by atoms with van der Waals surface area (Å²) in [5.74, 6) is 0.574. The van der Waals surface area contributed by atoms with Crippen LogP contribution in [-0.2, 0) is 0 Å². The Hall–Kier alpha value is -3.44. The summed E-state index contributed by atoms with van der Waals surface area (Å²) in [6.45, 7) is 0.809. The zero-order valence-electron chi connectivity index (χ0n) is 16.9. The van der Waals surface area contributed by atoms with Gasteiger partial charge in [0.25, 0.3) is 5.91 Å². The lowest BCUT2D eigenvalue weighted by Gasteiger charge is -2.10. The molecule has 1 amide bonds. The molecule has 5 heteroatoms. The number of aromatic nitrogens is 1. The van der Waals surface area contributed by atoms with E-state index >= 15 is 0 Å². The van der Waals surface area contributed by atoms with Gasteiger partial charge in [0, 0.05) is 35.8 Å². The Kier molecular flexibility index (Phi) is 6.76. The van der Waals surface area contributed by atoms with Crippen molar-refractivity contribution in [3.05, 3.63) is 84.2 Å². The molecule has 0 radical (unpaired) electrons. The predicted octanol–water partition coefficient (Wildman–Crippen LogP) is 4.58. The first-order valence-corrected chi connectivity index (χ1v) is 9.38. The van der Waals surface area contributed by atoms with E-state index in [4.69, 9.17) is 4.74 Å². The molecule has 2 aromatic carbocycles. The SMILES string of the molecule is COc1ccc(C(=O)Nc2ccc(-c3ccncc3)cc2)cc1/C=C\CN(C)C. The molecule has 0 saturated carbocycles. The van der Waals surface area contributed by atoms with E-state index in [9.17, 15) is 4.79 Å². The van der Waals surface area contributed by atoms with Gasteiger partial charge in [-0.05, 0) is 67.7 Å². The second-order valence-electron chi connectivity index (χ2n) is 6.89. The molecule has 0 atom stereocenters. The Morgan fingerprint density at radius 3 is 2.38 bits per heavy atom. The number of amides is 1. The van der Waals surface area contributed by atoms with Crippen molar-refractivity contribution in [1.82, 2.24) is 9.88 Å². The second kappa shape index (κ2) is 9.66. The van der Waals surface area contributed by atoms with Crippen LogP contribution in [-0.4, -0.2) is 43.5 Å². The molecule has 0 aliphatic rings. The maximum atomic E-state index is 12.7. The summed E-state index contributed by atoms with van der Waals surface area (Å²) < 4.78 is 5.41. The van der Waals surface area contributed by atoms with Gasteiger partial charge in [-0.3, -0.25) is 9.78 Å². The average Bonchev–Trinajstić information content (AvgIpc) is 2.74. The lowest BCUT2D eigenvalue weighted by atomic mass is 10.1. The summed E-state index contributed by atoms with van der Waals surface area (Å²) >= 11 is 0. The van der Waals surface area contributed by atoms with Gasteiger partial charge in [0.2, 0.25) is 0 Å². The number of anilines is 1. The average molecular weight is 387 g/mol. The summed E-state index contributed by atoms with van der Waals surface area (Å²) in [5, 5.41) is 2.95. The van der Waals surface area contributed by atoms with Crippen LogP contribution in [0.4, 0.5) is 5.69 Å². The van der Waals surface area contributed by atoms with Crippen molar-refractivity contribution >= 4 is 17.7 Å². The molecule has 0 saturated heterocycles. The summed E-state index contributed by atoms with van der Waals surface area (Å²) in [5.41, 5.74) is 4.35. The fraction of sp³-hybridized carbons (Fsp3) is 0.167. The Morgan fingerprint density at radius 2 is 1.72 bits per heavy atom. The smallest absolute Gasteiger partial charge is 0.255 e. The van der Waals surface area contributed by atoms with Gasteiger partial charge in [-0.1, -0.05) is 24.3 Å². The fourth-order valence-corrected chi connectivity index (χ4v) is 2.89. The number of nitrogens with one attached hydrogen (secondary N) is 1. The van der Waals surface area contributed by atoms with E-state index in [2.05, 4.69) is 15.2 Å². The minimum atomic E-state index is -0.161. The van der Waals surface area contributed by atoms with Crippen molar-refractivity contribution in [2.45, 2.75) is 0 Å². The zero-order chi connectivity index (χ0) is 20.6. The highest BCUT2D eigenvalue weighted by Gasteiger charge is 2.10. The molecule has 29 heavy (non-hydrogen) atoms. The Balaban J connectivity index is 1.74. The number of benzene rings is 2. The van der Waals surface area contributed by atoms with Gasteiger partial charge < -0.3 is 15.0 Å². The molecule has 0 aliphatic heterocycles. The molecule has 3 aromatic rings. The molecule has 1 heterocycles. The minimum absolute atomic E-state index is 0.161. The first-order valence-electron chi connectivity index (χ1n) is 9.38. The van der Waals surface area contributed by atoms with Crippen molar-refractivity contribution in [1.29, 1.82) is 0 Å². The van der Waals surface area contributed by atoms with Crippen molar-refractivity contribution in [3.63, 3.8) is 0 Å². The highest BCUT2D eigenvalue weighted by molar-refractivity contribution is 6.04. The van der Waals surface area contributed by atoms with E-state index in [0.717, 1.165) is 34.7 Å². The highest BCUT2D eigenvalue weighted by atomic mass is 16.5. The third-order valence-electron chi connectivity index (χ3n) is 4.42. The number of ether oxygens (including phenoxy) is 1. The predicted molar refractivity (Wildman–Crippen MR) is 118 cm³/mol. The van der Waals surface area contributed by atoms with Gasteiger partial charge in [-0.15, -0.1) is 0 Å². The largest absolute Gasteiger partial charge is 0.496 e. The summed E-state index contributed by atoms with van der Waals surface area (Å²) in [6, 6.07) is 17.1. The van der Waals surface area contributed by atoms with Crippen molar-refractivity contribution in [3.8, 4) is 16.9 Å². The van der Waals surface area contributed by atoms with Gasteiger partial charge in [0.1, 0.15) is 5.75 Å². The van der Waals surface area contributed by atoms with E-state index in [1.807, 2.05) is 74.8 Å². The topological polar surface area (TPSA) is 54.5 Å². The summed E-state index contributed by atoms with van der Waals surface area (Å²) in [4.78, 5) is 18.8. The van der Waals surface area contributed by atoms with Gasteiger partial charge >= 0.3 is 0 Å². The molecule has 1 N–H and O–H groups in total. The highest BCUT2D eigenvalue weighted by Crippen LogP contribution is 2.23. The van der Waals surface area contributed by atoms with E-state index in [0.29, 0.717) is 5.56 Å². The monoisotopic (exact) mass is 387 g/mol. The number of pyridine rings is 1. The van der Waals surface area contributed by atoms with Crippen LogP contribution in [0.1, 0.15) is 15.9 Å². The standard InChI is InChI=1S/C24H25N3O2/c1-27(2)16-4-5-20-17-21(8-11-23(20)29-3)24(28)26-22-9-6-18(7-10-22)19-12-14-25-15-13-19/h4-15,17H,16H2,1-3H3,(H,26,28)/b5-4-. The zero-order valence-corrected chi connectivity index (χ0v) is 16.9. The van der Waals surface area contributed by atoms with Crippen LogP contribution < -0.4 is 10.1 Å². The molecule has 0 unspecified atom stereocenters. The molecule has 0 spiro atoms. The van der Waals surface area contributed by atoms with Crippen LogP contribution >= 0.6 is 0 Å². The molecule has 0 bridgehead atoms. The molecule has 0 fully saturated rings. The number of likely N-dealkylation sites (N-methyl/N-ethyl adjacent to an activating group) is 1. The lowest BCUT2D eigenvalue weighted by Crippen LogP contribution is -2.12. The first kappa shape index (κ1) is 20.3. The van der Waals surface area contributed by atoms with Crippen LogP contribution in [0.2, 0.25) is 0 Å². The molecule has 5 nitrogen and oxygen atoms in total. The number of methoxy groups -OCH3 is 1. The molecular formula is C24H25N3O2. The number of rotatable bonds is 7. The lowest BCUT2D eigenvalue weighted by molar-refractivity contribution is 0.102. The maximum Gasteiger partial charge on any atom is 0.255 e. The molecule has 0 aliphatic carbocycles. The second-order valence-corrected chi connectivity index (χ2v) is 6.89. The number of hydrogen-bond acceptors (Lipinski definition) is 4. The van der Waals surface area contributed by atoms with Crippen LogP contribution in [0.3, 0.4) is 0 Å². The minimum Gasteiger partial charge on any atom is -0.496 e. The fourth-order valence-electron chi connectivity index (χ4n) is 2.89. The van der Waals surface area contributed by atoms with Gasteiger partial charge in [-0.25, -0.2) is 0 Å². The van der Waals surface area contributed by atoms with E-state index in [1.54, 1.807) is 25.6 Å². The van der Waals surface area contributed by atoms with Crippen LogP contribution in [0.15, 0.2) is 73.1 Å². The van der Waals surface area contributed by atoms with Gasteiger partial charge in [0.05, 0.1) is 7.11 Å². The van der Waals surface area contributed by atoms with Gasteiger partial charge in [-0.2, -0.15) is 0 Å². The Labute approximate surface area is 171 Å². The van der Waals surface area contributed by atoms with E-state index < -0.39 is 0 Å². The maximum absolute atomic E-state index is 12.7. The van der Waals surface area contributed by atoms with Crippen molar-refractivity contribution in [2.75, 3.05) is 33.1 Å². The normalized spacial score (nSPS) is 11.0. The van der Waals surface area contributed by atoms with E-state index in [-0.39, 0.29) is 5.91 Å². The van der Waals surface area contributed by atoms with Crippen LogP contribution in [0, 0.1) is 0 Å². The Morgan fingerprint density at radius 1 is 1.03 bits per heavy atom. The molecule has 148 valence electrons. The van der Waals surface area contributed by atoms with Crippen LogP contribution in [0.25, 0.3) is 17.2 Å². The van der Waals surface area contributed by atoms with Crippen molar-refractivity contribution < 1.29 is 9.53 Å². The number of hydrogen-bond donors (Lipinski definition) is 1. The molecule has 3 rings (SSSR count). The third-order valence-corrected chi connectivity index (χ3v) is 4.42. The van der Waals surface area contributed by atoms with Crippen LogP contribution in [0.5, 0.6) is 5.75 Å². The summed E-state index contributed by atoms with van der Waals surface area (Å²) in [6.07, 6.45) is 7.54. The summed E-state index contributed by atoms with van der Waals surface area (Å²) in [7, 11) is 5.64. The van der Waals surface area contributed by atoms with Gasteiger partial charge in [0.15, 0.2) is 0 Å². The quantitative estimate of drug-likeness (QED) is 0.644. The van der Waals surface area contributed by atoms with E-state index in [1.165, 1.54) is 0 Å². The number of carbonyl (C=O) groups excluding carboxylic acids is 1. The van der Waals surface area contributed by atoms with Crippen molar-refractivity contribution in [2.24, 2.45) is 0 Å². The number of carbonyl (C=O) groups is 1. The Bertz CT molecular complexity index is 981. The molecular weight excluding hydrogens is 362 g/mol.